The van der Waals surface area contributed by atoms with Gasteiger partial charge in [0.1, 0.15) is 5.82 Å². The molecule has 2 rings (SSSR count). The second-order valence-corrected chi connectivity index (χ2v) is 2.84. The van der Waals surface area contributed by atoms with Crippen LogP contribution in [0, 0.1) is 11.6 Å². The summed E-state index contributed by atoms with van der Waals surface area (Å²) >= 11 is 0. The third kappa shape index (κ3) is 0.956. The van der Waals surface area contributed by atoms with E-state index in [0.717, 1.165) is 6.07 Å². The maximum Gasteiger partial charge on any atom is 0.151 e. The number of hydrazine groups is 1. The lowest BCUT2D eigenvalue weighted by Gasteiger charge is -2.11. The number of hydrogen-bond acceptors (Lipinski definition) is 2. The van der Waals surface area contributed by atoms with Gasteiger partial charge in [0.15, 0.2) is 5.82 Å². The lowest BCUT2D eigenvalue weighted by Crippen LogP contribution is -2.28. The summed E-state index contributed by atoms with van der Waals surface area (Å²) in [5.41, 5.74) is 0.978. The van der Waals surface area contributed by atoms with Crippen LogP contribution in [-0.2, 0) is 6.42 Å². The van der Waals surface area contributed by atoms with Crippen LogP contribution in [0.1, 0.15) is 5.56 Å². The highest BCUT2D eigenvalue weighted by molar-refractivity contribution is 5.57. The standard InChI is InChI=1S/C8H8F2N2/c9-6-3-5-1-2-12(11)8(5)7(10)4-6/h3-4H,1-2,11H2. The van der Waals surface area contributed by atoms with E-state index in [-0.39, 0.29) is 0 Å². The molecular weight excluding hydrogens is 162 g/mol. The number of rotatable bonds is 0. The monoisotopic (exact) mass is 170 g/mol. The second kappa shape index (κ2) is 2.42. The summed E-state index contributed by atoms with van der Waals surface area (Å²) in [5, 5.41) is 1.31. The van der Waals surface area contributed by atoms with E-state index in [1.54, 1.807) is 0 Å². The Morgan fingerprint density at radius 3 is 2.83 bits per heavy atom. The van der Waals surface area contributed by atoms with Crippen LogP contribution in [0.4, 0.5) is 14.5 Å². The van der Waals surface area contributed by atoms with E-state index >= 15 is 0 Å². The molecular formula is C8H8F2N2. The Labute approximate surface area is 68.6 Å². The lowest BCUT2D eigenvalue weighted by atomic mass is 10.1. The highest BCUT2D eigenvalue weighted by Crippen LogP contribution is 2.29. The number of fused-ring (bicyclic) bond motifs is 1. The topological polar surface area (TPSA) is 29.3 Å². The molecule has 0 aromatic heterocycles. The molecule has 0 radical (unpaired) electrons. The van der Waals surface area contributed by atoms with Crippen LogP contribution in [0.15, 0.2) is 12.1 Å². The SMILES string of the molecule is NN1CCc2cc(F)cc(F)c21. The molecule has 1 aliphatic rings. The van der Waals surface area contributed by atoms with E-state index in [1.165, 1.54) is 11.1 Å². The quantitative estimate of drug-likeness (QED) is 0.593. The van der Waals surface area contributed by atoms with Crippen molar-refractivity contribution in [1.82, 2.24) is 0 Å². The molecule has 0 spiro atoms. The summed E-state index contributed by atoms with van der Waals surface area (Å²) in [6.45, 7) is 0.551. The summed E-state index contributed by atoms with van der Waals surface area (Å²) in [6.07, 6.45) is 0.612. The average molecular weight is 170 g/mol. The molecule has 0 unspecified atom stereocenters. The maximum absolute atomic E-state index is 13.0. The van der Waals surface area contributed by atoms with Crippen LogP contribution >= 0.6 is 0 Å². The summed E-state index contributed by atoms with van der Waals surface area (Å²) in [6, 6.07) is 2.18. The van der Waals surface area contributed by atoms with Gasteiger partial charge in [-0.05, 0) is 18.1 Å². The molecule has 1 heterocycles. The zero-order valence-corrected chi connectivity index (χ0v) is 6.35. The van der Waals surface area contributed by atoms with E-state index in [0.29, 0.717) is 24.2 Å². The Morgan fingerprint density at radius 1 is 1.33 bits per heavy atom. The molecule has 0 bridgehead atoms. The Bertz CT molecular complexity index is 325. The summed E-state index contributed by atoms with van der Waals surface area (Å²) < 4.78 is 25.7. The predicted molar refractivity (Wildman–Crippen MR) is 41.6 cm³/mol. The first-order valence-corrected chi connectivity index (χ1v) is 3.68. The van der Waals surface area contributed by atoms with Crippen LogP contribution in [0.25, 0.3) is 0 Å². The molecule has 1 aromatic carbocycles. The van der Waals surface area contributed by atoms with Crippen molar-refractivity contribution in [3.8, 4) is 0 Å². The molecule has 12 heavy (non-hydrogen) atoms. The van der Waals surface area contributed by atoms with Gasteiger partial charge in [-0.25, -0.2) is 14.6 Å². The Morgan fingerprint density at radius 2 is 2.08 bits per heavy atom. The van der Waals surface area contributed by atoms with E-state index in [1.807, 2.05) is 0 Å². The highest BCUT2D eigenvalue weighted by Gasteiger charge is 2.21. The molecule has 2 N–H and O–H groups in total. The molecule has 0 saturated heterocycles. The summed E-state index contributed by atoms with van der Waals surface area (Å²) in [4.78, 5) is 0. The van der Waals surface area contributed by atoms with Crippen molar-refractivity contribution in [1.29, 1.82) is 0 Å². The molecule has 0 saturated carbocycles. The smallest absolute Gasteiger partial charge is 0.151 e. The van der Waals surface area contributed by atoms with E-state index in [9.17, 15) is 8.78 Å². The van der Waals surface area contributed by atoms with Crippen molar-refractivity contribution < 1.29 is 8.78 Å². The van der Waals surface area contributed by atoms with Crippen molar-refractivity contribution in [3.63, 3.8) is 0 Å². The molecule has 4 heteroatoms. The van der Waals surface area contributed by atoms with Crippen molar-refractivity contribution in [2.24, 2.45) is 5.84 Å². The van der Waals surface area contributed by atoms with Gasteiger partial charge in [0.05, 0.1) is 5.69 Å². The molecule has 0 aliphatic carbocycles. The van der Waals surface area contributed by atoms with Gasteiger partial charge in [0.2, 0.25) is 0 Å². The third-order valence-corrected chi connectivity index (χ3v) is 2.02. The summed E-state index contributed by atoms with van der Waals surface area (Å²) in [5.74, 6) is 4.35. The zero-order valence-electron chi connectivity index (χ0n) is 6.35. The van der Waals surface area contributed by atoms with Crippen LogP contribution in [-0.4, -0.2) is 6.54 Å². The Kier molecular flexibility index (Phi) is 1.51. The van der Waals surface area contributed by atoms with Crippen LogP contribution < -0.4 is 10.9 Å². The maximum atomic E-state index is 13.0. The van der Waals surface area contributed by atoms with E-state index < -0.39 is 11.6 Å². The van der Waals surface area contributed by atoms with Gasteiger partial charge in [-0.2, -0.15) is 0 Å². The largest absolute Gasteiger partial charge is 0.308 e. The van der Waals surface area contributed by atoms with Crippen LogP contribution in [0.3, 0.4) is 0 Å². The fraction of sp³-hybridized carbons (Fsp3) is 0.250. The van der Waals surface area contributed by atoms with Crippen molar-refractivity contribution >= 4 is 5.69 Å². The van der Waals surface area contributed by atoms with Gasteiger partial charge >= 0.3 is 0 Å². The fourth-order valence-electron chi connectivity index (χ4n) is 1.48. The Balaban J connectivity index is 2.60. The number of nitrogens with zero attached hydrogens (tertiary/aromatic N) is 1. The normalized spacial score (nSPS) is 15.1. The first-order valence-electron chi connectivity index (χ1n) is 3.68. The molecule has 64 valence electrons. The second-order valence-electron chi connectivity index (χ2n) is 2.84. The first kappa shape index (κ1) is 7.49. The minimum Gasteiger partial charge on any atom is -0.308 e. The number of nitrogens with two attached hydrogens (primary N) is 1. The summed E-state index contributed by atoms with van der Waals surface area (Å²) in [7, 11) is 0. The number of benzene rings is 1. The molecule has 1 aromatic rings. The lowest BCUT2D eigenvalue weighted by molar-refractivity contribution is 0.582. The minimum atomic E-state index is -0.579. The zero-order chi connectivity index (χ0) is 8.72. The fourth-order valence-corrected chi connectivity index (χ4v) is 1.48. The van der Waals surface area contributed by atoms with Crippen molar-refractivity contribution in [3.05, 3.63) is 29.3 Å². The van der Waals surface area contributed by atoms with Gasteiger partial charge in [-0.15, -0.1) is 0 Å². The third-order valence-electron chi connectivity index (χ3n) is 2.02. The van der Waals surface area contributed by atoms with E-state index in [4.69, 9.17) is 5.84 Å². The number of halogens is 2. The van der Waals surface area contributed by atoms with Gasteiger partial charge in [0.25, 0.3) is 0 Å². The molecule has 0 atom stereocenters. The molecule has 0 fully saturated rings. The molecule has 0 amide bonds. The van der Waals surface area contributed by atoms with Gasteiger partial charge < -0.3 is 5.01 Å². The number of hydrogen-bond donors (Lipinski definition) is 1. The van der Waals surface area contributed by atoms with Crippen molar-refractivity contribution in [2.45, 2.75) is 6.42 Å². The van der Waals surface area contributed by atoms with Gasteiger partial charge in [-0.3, -0.25) is 0 Å². The van der Waals surface area contributed by atoms with Gasteiger partial charge in [-0.1, -0.05) is 0 Å². The van der Waals surface area contributed by atoms with E-state index in [2.05, 4.69) is 0 Å². The predicted octanol–water partition coefficient (Wildman–Crippen LogP) is 1.20. The minimum absolute atomic E-state index is 0.330. The highest BCUT2D eigenvalue weighted by atomic mass is 19.1. The first-order chi connectivity index (χ1) is 5.68. The molecule has 2 nitrogen and oxygen atoms in total. The van der Waals surface area contributed by atoms with Crippen molar-refractivity contribution in [2.75, 3.05) is 11.6 Å². The van der Waals surface area contributed by atoms with Gasteiger partial charge in [0, 0.05) is 12.6 Å². The van der Waals surface area contributed by atoms with Crippen LogP contribution in [0.2, 0.25) is 0 Å². The number of anilines is 1. The van der Waals surface area contributed by atoms with Crippen LogP contribution in [0.5, 0.6) is 0 Å². The molecule has 1 aliphatic heterocycles. The average Bonchev–Trinajstić information content (AvgIpc) is 2.31. The Hall–Kier alpha value is -1.16.